The van der Waals surface area contributed by atoms with Crippen LogP contribution in [-0.2, 0) is 16.0 Å². The third-order valence-corrected chi connectivity index (χ3v) is 4.42. The zero-order valence-electron chi connectivity index (χ0n) is 13.6. The van der Waals surface area contributed by atoms with Crippen LogP contribution in [-0.4, -0.2) is 40.3 Å². The Labute approximate surface area is 150 Å². The van der Waals surface area contributed by atoms with E-state index < -0.39 is 12.0 Å². The van der Waals surface area contributed by atoms with Crippen LogP contribution in [0.4, 0.5) is 0 Å². The van der Waals surface area contributed by atoms with Gasteiger partial charge in [-0.25, -0.2) is 0 Å². The van der Waals surface area contributed by atoms with Gasteiger partial charge < -0.3 is 10.4 Å². The topological polar surface area (TPSA) is 83.5 Å². The van der Waals surface area contributed by atoms with Crippen LogP contribution in [0, 0.1) is 0 Å². The van der Waals surface area contributed by atoms with Crippen LogP contribution in [0.5, 0.6) is 0 Å². The quantitative estimate of drug-likeness (QED) is 0.720. The van der Waals surface area contributed by atoms with E-state index in [1.165, 1.54) is 0 Å². The van der Waals surface area contributed by atoms with Crippen molar-refractivity contribution < 1.29 is 19.5 Å². The van der Waals surface area contributed by atoms with Gasteiger partial charge in [0.2, 0.25) is 0 Å². The minimum Gasteiger partial charge on any atom is -0.481 e. The lowest BCUT2D eigenvalue weighted by Crippen LogP contribution is -2.43. The second-order valence-electron chi connectivity index (χ2n) is 5.43. The Hall–Kier alpha value is -2.60. The molecule has 2 aromatic rings. The third kappa shape index (κ3) is 6.43. The summed E-state index contributed by atoms with van der Waals surface area (Å²) < 4.78 is 0. The van der Waals surface area contributed by atoms with E-state index in [0.717, 1.165) is 17.3 Å². The van der Waals surface area contributed by atoms with Gasteiger partial charge in [-0.05, 0) is 24.1 Å². The molecule has 1 atom stereocenters. The van der Waals surface area contributed by atoms with E-state index in [1.54, 1.807) is 24.3 Å². The summed E-state index contributed by atoms with van der Waals surface area (Å²) in [5.41, 5.74) is 1.41. The van der Waals surface area contributed by atoms with E-state index in [-0.39, 0.29) is 23.2 Å². The number of Topliss-reactive ketones (excluding diaryl/α,β-unsaturated/α-hetero) is 1. The molecule has 0 heterocycles. The SMILES string of the molecule is O=C(O)CSCC(=O)C(Cc1ccccc1)NC(=O)c1ccccc1. The van der Waals surface area contributed by atoms with Crippen molar-refractivity contribution in [3.05, 3.63) is 71.8 Å². The largest absolute Gasteiger partial charge is 0.481 e. The summed E-state index contributed by atoms with van der Waals surface area (Å²) in [5.74, 6) is -1.59. The van der Waals surface area contributed by atoms with Crippen molar-refractivity contribution in [3.8, 4) is 0 Å². The standard InChI is InChI=1S/C19H19NO4S/c21-17(12-25-13-18(22)23)16(11-14-7-3-1-4-8-14)20-19(24)15-9-5-2-6-10-15/h1-10,16H,11-13H2,(H,20,24)(H,22,23). The van der Waals surface area contributed by atoms with Crippen LogP contribution in [0.25, 0.3) is 0 Å². The van der Waals surface area contributed by atoms with Crippen molar-refractivity contribution >= 4 is 29.4 Å². The molecule has 0 aromatic heterocycles. The molecule has 0 aliphatic rings. The summed E-state index contributed by atoms with van der Waals surface area (Å²) in [6.07, 6.45) is 0.367. The number of hydrogen-bond donors (Lipinski definition) is 2. The molecule has 0 spiro atoms. The Kier molecular flexibility index (Phi) is 7.22. The molecule has 130 valence electrons. The van der Waals surface area contributed by atoms with Gasteiger partial charge in [-0.15, -0.1) is 11.8 Å². The van der Waals surface area contributed by atoms with Crippen LogP contribution < -0.4 is 5.32 Å². The lowest BCUT2D eigenvalue weighted by Gasteiger charge is -2.18. The fraction of sp³-hybridized carbons (Fsp3) is 0.211. The van der Waals surface area contributed by atoms with E-state index in [2.05, 4.69) is 5.32 Å². The lowest BCUT2D eigenvalue weighted by atomic mass is 10.0. The Morgan fingerprint density at radius 2 is 1.52 bits per heavy atom. The Morgan fingerprint density at radius 3 is 2.12 bits per heavy atom. The Bertz CT molecular complexity index is 719. The van der Waals surface area contributed by atoms with Crippen LogP contribution in [0.2, 0.25) is 0 Å². The van der Waals surface area contributed by atoms with Crippen LogP contribution in [0.1, 0.15) is 15.9 Å². The monoisotopic (exact) mass is 357 g/mol. The van der Waals surface area contributed by atoms with E-state index in [4.69, 9.17) is 5.11 Å². The number of carboxylic acids is 1. The van der Waals surface area contributed by atoms with Gasteiger partial charge in [0.1, 0.15) is 0 Å². The number of ketones is 1. The molecule has 0 bridgehead atoms. The van der Waals surface area contributed by atoms with E-state index in [9.17, 15) is 14.4 Å². The predicted octanol–water partition coefficient (Wildman–Crippen LogP) is 2.41. The highest BCUT2D eigenvalue weighted by Gasteiger charge is 2.22. The Balaban J connectivity index is 2.06. The van der Waals surface area contributed by atoms with Crippen molar-refractivity contribution in [3.63, 3.8) is 0 Å². The first kappa shape index (κ1) is 18.7. The van der Waals surface area contributed by atoms with Gasteiger partial charge in [0, 0.05) is 5.56 Å². The number of carboxylic acid groups (broad SMARTS) is 1. The van der Waals surface area contributed by atoms with E-state index in [1.807, 2.05) is 36.4 Å². The molecule has 0 saturated carbocycles. The molecule has 1 unspecified atom stereocenters. The van der Waals surface area contributed by atoms with Gasteiger partial charge in [0.15, 0.2) is 5.78 Å². The maximum absolute atomic E-state index is 12.5. The molecule has 2 rings (SSSR count). The van der Waals surface area contributed by atoms with Crippen LogP contribution >= 0.6 is 11.8 Å². The third-order valence-electron chi connectivity index (χ3n) is 3.48. The zero-order chi connectivity index (χ0) is 18.1. The molecular formula is C19H19NO4S. The molecular weight excluding hydrogens is 338 g/mol. The van der Waals surface area contributed by atoms with Crippen molar-refractivity contribution in [1.29, 1.82) is 0 Å². The van der Waals surface area contributed by atoms with Crippen molar-refractivity contribution in [1.82, 2.24) is 5.32 Å². The zero-order valence-corrected chi connectivity index (χ0v) is 14.4. The van der Waals surface area contributed by atoms with Crippen molar-refractivity contribution in [2.45, 2.75) is 12.5 Å². The molecule has 0 fully saturated rings. The number of rotatable bonds is 9. The number of amides is 1. The van der Waals surface area contributed by atoms with Gasteiger partial charge in [-0.1, -0.05) is 48.5 Å². The number of carbonyl (C=O) groups excluding carboxylic acids is 2. The molecule has 2 N–H and O–H groups in total. The van der Waals surface area contributed by atoms with Gasteiger partial charge >= 0.3 is 5.97 Å². The van der Waals surface area contributed by atoms with Crippen LogP contribution in [0.15, 0.2) is 60.7 Å². The fourth-order valence-corrected chi connectivity index (χ4v) is 2.94. The molecule has 25 heavy (non-hydrogen) atoms. The predicted molar refractivity (Wildman–Crippen MR) is 97.8 cm³/mol. The van der Waals surface area contributed by atoms with Crippen molar-refractivity contribution in [2.75, 3.05) is 11.5 Å². The molecule has 6 heteroatoms. The highest BCUT2D eigenvalue weighted by molar-refractivity contribution is 8.00. The highest BCUT2D eigenvalue weighted by Crippen LogP contribution is 2.09. The minimum absolute atomic E-state index is 0.0405. The molecule has 0 radical (unpaired) electrons. The van der Waals surface area contributed by atoms with Crippen LogP contribution in [0.3, 0.4) is 0 Å². The second kappa shape index (κ2) is 9.64. The number of aliphatic carboxylic acids is 1. The first-order chi connectivity index (χ1) is 12.1. The minimum atomic E-state index is -0.967. The average Bonchev–Trinajstić information content (AvgIpc) is 2.62. The lowest BCUT2D eigenvalue weighted by molar-refractivity contribution is -0.133. The summed E-state index contributed by atoms with van der Waals surface area (Å²) in [5, 5.41) is 11.5. The molecule has 5 nitrogen and oxygen atoms in total. The highest BCUT2D eigenvalue weighted by atomic mass is 32.2. The van der Waals surface area contributed by atoms with Gasteiger partial charge in [-0.3, -0.25) is 14.4 Å². The summed E-state index contributed by atoms with van der Waals surface area (Å²) in [6.45, 7) is 0. The molecule has 0 saturated heterocycles. The maximum Gasteiger partial charge on any atom is 0.313 e. The normalized spacial score (nSPS) is 11.5. The summed E-state index contributed by atoms with van der Waals surface area (Å²) in [7, 11) is 0. The van der Waals surface area contributed by atoms with Gasteiger partial charge in [0.05, 0.1) is 17.5 Å². The summed E-state index contributed by atoms with van der Waals surface area (Å²) >= 11 is 1.03. The molecule has 2 aromatic carbocycles. The number of hydrogen-bond acceptors (Lipinski definition) is 4. The Morgan fingerprint density at radius 1 is 0.920 bits per heavy atom. The smallest absolute Gasteiger partial charge is 0.313 e. The second-order valence-corrected chi connectivity index (χ2v) is 6.42. The van der Waals surface area contributed by atoms with E-state index in [0.29, 0.717) is 12.0 Å². The first-order valence-corrected chi connectivity index (χ1v) is 8.94. The fourth-order valence-electron chi connectivity index (χ4n) is 2.27. The number of carbonyl (C=O) groups is 3. The molecule has 0 aliphatic carbocycles. The van der Waals surface area contributed by atoms with Crippen molar-refractivity contribution in [2.24, 2.45) is 0 Å². The van der Waals surface area contributed by atoms with Gasteiger partial charge in [-0.2, -0.15) is 0 Å². The van der Waals surface area contributed by atoms with E-state index >= 15 is 0 Å². The molecule has 1 amide bonds. The number of benzene rings is 2. The maximum atomic E-state index is 12.5. The summed E-state index contributed by atoms with van der Waals surface area (Å²) in [6, 6.07) is 17.4. The summed E-state index contributed by atoms with van der Waals surface area (Å²) in [4.78, 5) is 35.4. The number of nitrogens with one attached hydrogen (secondary N) is 1. The number of thioether (sulfide) groups is 1. The first-order valence-electron chi connectivity index (χ1n) is 7.78. The average molecular weight is 357 g/mol. The van der Waals surface area contributed by atoms with Gasteiger partial charge in [0.25, 0.3) is 5.91 Å². The molecule has 0 aliphatic heterocycles.